The minimum absolute atomic E-state index is 0.0674. The summed E-state index contributed by atoms with van der Waals surface area (Å²) in [6, 6.07) is 8.69. The number of aromatic nitrogens is 2. The number of nitrogens with one attached hydrogen (secondary N) is 1. The molecule has 30 heavy (non-hydrogen) atoms. The number of nitro benzene ring substituents is 1. The molecule has 0 aliphatic heterocycles. The van der Waals surface area contributed by atoms with Crippen molar-refractivity contribution in [2.45, 2.75) is 27.3 Å². The summed E-state index contributed by atoms with van der Waals surface area (Å²) in [5.74, 6) is -0.116. The zero-order valence-electron chi connectivity index (χ0n) is 16.3. The van der Waals surface area contributed by atoms with Crippen molar-refractivity contribution in [1.29, 1.82) is 0 Å². The van der Waals surface area contributed by atoms with E-state index in [1.165, 1.54) is 12.1 Å². The van der Waals surface area contributed by atoms with Crippen molar-refractivity contribution in [3.05, 3.63) is 75.1 Å². The van der Waals surface area contributed by atoms with Gasteiger partial charge in [0.25, 0.3) is 11.6 Å². The summed E-state index contributed by atoms with van der Waals surface area (Å²) in [5.41, 5.74) is 2.34. The molecule has 1 amide bonds. The Labute approximate surface area is 170 Å². The van der Waals surface area contributed by atoms with Crippen LogP contribution in [0.4, 0.5) is 20.2 Å². The Morgan fingerprint density at radius 1 is 1.20 bits per heavy atom. The van der Waals surface area contributed by atoms with Crippen LogP contribution in [0.5, 0.6) is 11.5 Å². The van der Waals surface area contributed by atoms with Gasteiger partial charge in [-0.2, -0.15) is 13.9 Å². The number of rotatable bonds is 6. The molecule has 0 saturated carbocycles. The minimum Gasteiger partial charge on any atom is -0.457 e. The fraction of sp³-hybridized carbons (Fsp3) is 0.200. The average molecular weight is 416 g/mol. The molecule has 0 radical (unpaired) electrons. The molecule has 10 heteroatoms. The van der Waals surface area contributed by atoms with Crippen LogP contribution in [0.1, 0.15) is 33.7 Å². The van der Waals surface area contributed by atoms with Crippen LogP contribution in [0.2, 0.25) is 0 Å². The smallest absolute Gasteiger partial charge is 0.333 e. The number of anilines is 1. The number of hydrogen-bond acceptors (Lipinski definition) is 5. The molecule has 1 aromatic heterocycles. The van der Waals surface area contributed by atoms with Gasteiger partial charge < -0.3 is 10.1 Å². The Bertz CT molecular complexity index is 1130. The first-order valence-electron chi connectivity index (χ1n) is 8.84. The number of benzene rings is 2. The van der Waals surface area contributed by atoms with Gasteiger partial charge in [-0.05, 0) is 49.6 Å². The average Bonchev–Trinajstić information content (AvgIpc) is 3.16. The number of halogens is 2. The van der Waals surface area contributed by atoms with Gasteiger partial charge in [-0.15, -0.1) is 0 Å². The van der Waals surface area contributed by atoms with Crippen molar-refractivity contribution in [3.63, 3.8) is 0 Å². The van der Waals surface area contributed by atoms with E-state index >= 15 is 0 Å². The highest BCUT2D eigenvalue weighted by Gasteiger charge is 2.17. The lowest BCUT2D eigenvalue weighted by Crippen LogP contribution is -2.13. The summed E-state index contributed by atoms with van der Waals surface area (Å²) in [6.07, 6.45) is 0.963. The second-order valence-electron chi connectivity index (χ2n) is 6.69. The summed E-state index contributed by atoms with van der Waals surface area (Å²) in [5, 5.41) is 17.2. The van der Waals surface area contributed by atoms with Crippen molar-refractivity contribution in [2.75, 3.05) is 5.32 Å². The van der Waals surface area contributed by atoms with Crippen LogP contribution in [0, 0.1) is 30.9 Å². The maximum Gasteiger partial charge on any atom is 0.333 e. The number of carbonyl (C=O) groups excluding carboxylic acids is 1. The molecule has 1 N–H and O–H groups in total. The minimum atomic E-state index is -2.88. The third-order valence-electron chi connectivity index (χ3n) is 4.39. The number of ether oxygens (including phenoxy) is 1. The van der Waals surface area contributed by atoms with Crippen LogP contribution in [0.3, 0.4) is 0 Å². The highest BCUT2D eigenvalue weighted by atomic mass is 19.3. The van der Waals surface area contributed by atoms with Crippen LogP contribution in [0.15, 0.2) is 42.6 Å². The third-order valence-corrected chi connectivity index (χ3v) is 4.39. The fourth-order valence-corrected chi connectivity index (χ4v) is 2.82. The predicted octanol–water partition coefficient (Wildman–Crippen LogP) is 5.16. The third kappa shape index (κ3) is 4.59. The van der Waals surface area contributed by atoms with E-state index in [0.717, 1.165) is 35.0 Å². The second-order valence-corrected chi connectivity index (χ2v) is 6.69. The van der Waals surface area contributed by atoms with E-state index in [1.807, 2.05) is 26.8 Å². The summed E-state index contributed by atoms with van der Waals surface area (Å²) >= 11 is 0. The van der Waals surface area contributed by atoms with Crippen molar-refractivity contribution >= 4 is 17.3 Å². The molecule has 8 nitrogen and oxygen atoms in total. The molecule has 0 unspecified atom stereocenters. The first-order chi connectivity index (χ1) is 14.1. The number of nitro groups is 1. The van der Waals surface area contributed by atoms with Gasteiger partial charge in [-0.25, -0.2) is 4.68 Å². The van der Waals surface area contributed by atoms with Gasteiger partial charge in [0, 0.05) is 18.3 Å². The Morgan fingerprint density at radius 3 is 2.57 bits per heavy atom. The number of carbonyl (C=O) groups is 1. The molecule has 156 valence electrons. The fourth-order valence-electron chi connectivity index (χ4n) is 2.82. The van der Waals surface area contributed by atoms with Crippen LogP contribution in [0.25, 0.3) is 0 Å². The number of amides is 1. The van der Waals surface area contributed by atoms with Crippen molar-refractivity contribution in [1.82, 2.24) is 9.78 Å². The van der Waals surface area contributed by atoms with Crippen LogP contribution in [-0.4, -0.2) is 20.6 Å². The Kier molecular flexibility index (Phi) is 5.77. The first-order valence-corrected chi connectivity index (χ1v) is 8.84. The lowest BCUT2D eigenvalue weighted by Gasteiger charge is -2.13. The highest BCUT2D eigenvalue weighted by Crippen LogP contribution is 2.33. The monoisotopic (exact) mass is 416 g/mol. The second kappa shape index (κ2) is 8.27. The molecule has 0 aliphatic rings. The number of non-ortho nitro benzene ring substituents is 1. The van der Waals surface area contributed by atoms with E-state index in [9.17, 15) is 23.7 Å². The topological polar surface area (TPSA) is 99.3 Å². The molecule has 2 aromatic carbocycles. The van der Waals surface area contributed by atoms with Gasteiger partial charge in [0.15, 0.2) is 5.69 Å². The molecule has 1 heterocycles. The van der Waals surface area contributed by atoms with E-state index < -0.39 is 17.4 Å². The predicted molar refractivity (Wildman–Crippen MR) is 105 cm³/mol. The number of nitrogens with zero attached hydrogens (tertiary/aromatic N) is 3. The normalized spacial score (nSPS) is 10.9. The van der Waals surface area contributed by atoms with E-state index in [0.29, 0.717) is 10.4 Å². The van der Waals surface area contributed by atoms with Gasteiger partial charge in [0.2, 0.25) is 0 Å². The van der Waals surface area contributed by atoms with E-state index in [-0.39, 0.29) is 22.8 Å². The molecule has 0 bridgehead atoms. The molecule has 3 aromatic rings. The van der Waals surface area contributed by atoms with Crippen LogP contribution in [-0.2, 0) is 0 Å². The van der Waals surface area contributed by atoms with E-state index in [1.54, 1.807) is 6.07 Å². The molecular formula is C20H18F2N4O4. The molecule has 0 saturated heterocycles. The van der Waals surface area contributed by atoms with Crippen molar-refractivity contribution in [2.24, 2.45) is 0 Å². The lowest BCUT2D eigenvalue weighted by atomic mass is 10.1. The maximum absolute atomic E-state index is 12.6. The van der Waals surface area contributed by atoms with Crippen molar-refractivity contribution in [3.8, 4) is 11.5 Å². The summed E-state index contributed by atoms with van der Waals surface area (Å²) in [7, 11) is 0. The summed E-state index contributed by atoms with van der Waals surface area (Å²) < 4.78 is 31.5. The Balaban J connectivity index is 1.91. The number of alkyl halides is 2. The van der Waals surface area contributed by atoms with E-state index in [2.05, 4.69) is 10.4 Å². The molecule has 0 atom stereocenters. The first kappa shape index (κ1) is 20.9. The quantitative estimate of drug-likeness (QED) is 0.442. The summed E-state index contributed by atoms with van der Waals surface area (Å²) in [4.78, 5) is 23.0. The maximum atomic E-state index is 12.6. The standard InChI is InChI=1S/C20H18F2N4O4/c1-11-6-12(2)13(3)18(7-11)30-16-9-14(8-15(10-16)26(28)29)23-19(27)17-4-5-25(24-17)20(21)22/h4-10,20H,1-3H3,(H,23,27). The van der Waals surface area contributed by atoms with Gasteiger partial charge in [-0.3, -0.25) is 14.9 Å². The van der Waals surface area contributed by atoms with Gasteiger partial charge in [-0.1, -0.05) is 6.07 Å². The lowest BCUT2D eigenvalue weighted by molar-refractivity contribution is -0.384. The Morgan fingerprint density at radius 2 is 1.93 bits per heavy atom. The largest absolute Gasteiger partial charge is 0.457 e. The number of aryl methyl sites for hydroxylation is 2. The van der Waals surface area contributed by atoms with Gasteiger partial charge >= 0.3 is 6.55 Å². The number of hydrogen-bond donors (Lipinski definition) is 1. The Hall–Kier alpha value is -3.82. The molecule has 3 rings (SSSR count). The SMILES string of the molecule is Cc1cc(C)c(C)c(Oc2cc(NC(=O)c3ccn(C(F)F)n3)cc([N+](=O)[O-])c2)c1. The zero-order chi connectivity index (χ0) is 22.0. The van der Waals surface area contributed by atoms with Gasteiger partial charge in [0.1, 0.15) is 11.5 Å². The van der Waals surface area contributed by atoms with Crippen LogP contribution >= 0.6 is 0 Å². The zero-order valence-corrected chi connectivity index (χ0v) is 16.3. The van der Waals surface area contributed by atoms with Gasteiger partial charge in [0.05, 0.1) is 16.7 Å². The van der Waals surface area contributed by atoms with Crippen LogP contribution < -0.4 is 10.1 Å². The molecular weight excluding hydrogens is 398 g/mol. The molecule has 0 spiro atoms. The highest BCUT2D eigenvalue weighted by molar-refractivity contribution is 6.03. The van der Waals surface area contributed by atoms with E-state index in [4.69, 9.17) is 4.74 Å². The molecule has 0 aliphatic carbocycles. The van der Waals surface area contributed by atoms with Crippen molar-refractivity contribution < 1.29 is 23.2 Å². The summed E-state index contributed by atoms with van der Waals surface area (Å²) in [6.45, 7) is 2.80. The molecule has 0 fully saturated rings.